The lowest BCUT2D eigenvalue weighted by Gasteiger charge is -2.10. The van der Waals surface area contributed by atoms with Crippen molar-refractivity contribution in [2.24, 2.45) is 5.73 Å². The van der Waals surface area contributed by atoms with Gasteiger partial charge in [0.05, 0.1) is 11.3 Å². The van der Waals surface area contributed by atoms with Gasteiger partial charge in [-0.1, -0.05) is 36.4 Å². The first-order valence-electron chi connectivity index (χ1n) is 9.79. The number of carbonyl (C=O) groups excluding carboxylic acids is 2. The largest absolute Gasteiger partial charge is 0.477 e. The van der Waals surface area contributed by atoms with E-state index in [0.29, 0.717) is 17.1 Å². The number of nitrogens with one attached hydrogen (secondary N) is 1. The topological polar surface area (TPSA) is 137 Å². The van der Waals surface area contributed by atoms with E-state index in [0.717, 1.165) is 0 Å². The van der Waals surface area contributed by atoms with Crippen LogP contribution in [0.5, 0.6) is 11.5 Å². The number of amides is 2. The monoisotopic (exact) mass is 442 g/mol. The molecule has 0 fully saturated rings. The predicted molar refractivity (Wildman–Crippen MR) is 120 cm³/mol. The number of para-hydroxylation sites is 2. The van der Waals surface area contributed by atoms with E-state index in [9.17, 15) is 19.5 Å². The van der Waals surface area contributed by atoms with Crippen LogP contribution in [0.2, 0.25) is 0 Å². The highest BCUT2D eigenvalue weighted by Gasteiger charge is 2.20. The van der Waals surface area contributed by atoms with E-state index in [1.54, 1.807) is 78.9 Å². The van der Waals surface area contributed by atoms with Crippen LogP contribution in [0.3, 0.4) is 0 Å². The van der Waals surface area contributed by atoms with E-state index in [-0.39, 0.29) is 22.7 Å². The lowest BCUT2D eigenvalue weighted by Crippen LogP contribution is -2.13. The highest BCUT2D eigenvalue weighted by molar-refractivity contribution is 6.04. The molecule has 0 aliphatic rings. The number of hydrogen-bond donors (Lipinski definition) is 3. The number of nitrogens with two attached hydrogens (primary N) is 1. The van der Waals surface area contributed by atoms with Crippen LogP contribution in [0.4, 0.5) is 5.69 Å². The van der Waals surface area contributed by atoms with Gasteiger partial charge in [0.2, 0.25) is 0 Å². The molecule has 4 aromatic rings. The number of primary amides is 1. The van der Waals surface area contributed by atoms with Crippen LogP contribution in [-0.4, -0.2) is 32.7 Å². The summed E-state index contributed by atoms with van der Waals surface area (Å²) >= 11 is 0. The number of rotatable bonds is 7. The van der Waals surface area contributed by atoms with E-state index >= 15 is 0 Å². The quantitative estimate of drug-likeness (QED) is 0.399. The number of anilines is 1. The van der Waals surface area contributed by atoms with E-state index in [4.69, 9.17) is 10.5 Å². The number of ether oxygens (including phenoxy) is 1. The summed E-state index contributed by atoms with van der Waals surface area (Å²) in [6, 6.07) is 22.9. The standard InChI is InChI=1S/C24H18N4O5/c25-22(29)18-11-4-5-12-21(18)33-17-10-6-7-15(13-17)26-23(30)19-14-20(24(31)32)28(27-19)16-8-2-1-3-9-16/h1-14H,(H2,25,29)(H,26,30)(H,31,32). The zero-order valence-corrected chi connectivity index (χ0v) is 17.1. The summed E-state index contributed by atoms with van der Waals surface area (Å²) < 4.78 is 6.95. The number of hydrogen-bond acceptors (Lipinski definition) is 5. The normalized spacial score (nSPS) is 10.4. The Morgan fingerprint density at radius 3 is 2.36 bits per heavy atom. The molecular formula is C24H18N4O5. The van der Waals surface area contributed by atoms with Crippen molar-refractivity contribution in [3.8, 4) is 17.2 Å². The SMILES string of the molecule is NC(=O)c1ccccc1Oc1cccc(NC(=O)c2cc(C(=O)O)n(-c3ccccc3)n2)c1. The molecule has 164 valence electrons. The summed E-state index contributed by atoms with van der Waals surface area (Å²) in [7, 11) is 0. The van der Waals surface area contributed by atoms with Crippen LogP contribution in [0.25, 0.3) is 5.69 Å². The first kappa shape index (κ1) is 21.3. The Balaban J connectivity index is 1.57. The predicted octanol–water partition coefficient (Wildman–Crippen LogP) is 3.71. The number of carboxylic acids is 1. The number of carbonyl (C=O) groups is 3. The molecule has 3 aromatic carbocycles. The average molecular weight is 442 g/mol. The highest BCUT2D eigenvalue weighted by Crippen LogP contribution is 2.27. The van der Waals surface area contributed by atoms with Gasteiger partial charge in [-0.05, 0) is 36.4 Å². The number of carboxylic acid groups (broad SMARTS) is 1. The molecule has 4 rings (SSSR count). The summed E-state index contributed by atoms with van der Waals surface area (Å²) in [5.74, 6) is -1.79. The van der Waals surface area contributed by atoms with Crippen molar-refractivity contribution in [1.82, 2.24) is 9.78 Å². The molecule has 0 saturated heterocycles. The minimum atomic E-state index is -1.21. The first-order valence-corrected chi connectivity index (χ1v) is 9.79. The smallest absolute Gasteiger partial charge is 0.354 e. The van der Waals surface area contributed by atoms with Gasteiger partial charge in [-0.25, -0.2) is 9.48 Å². The molecule has 0 atom stereocenters. The maximum absolute atomic E-state index is 12.8. The third-order valence-corrected chi connectivity index (χ3v) is 4.63. The molecule has 0 unspecified atom stereocenters. The molecule has 0 saturated carbocycles. The second kappa shape index (κ2) is 9.06. The Kier molecular flexibility index (Phi) is 5.85. The van der Waals surface area contributed by atoms with Gasteiger partial charge in [-0.15, -0.1) is 0 Å². The molecular weight excluding hydrogens is 424 g/mol. The van der Waals surface area contributed by atoms with E-state index in [2.05, 4.69) is 10.4 Å². The Labute approximate surface area is 188 Å². The minimum Gasteiger partial charge on any atom is -0.477 e. The summed E-state index contributed by atoms with van der Waals surface area (Å²) in [6.07, 6.45) is 0. The number of benzene rings is 3. The van der Waals surface area contributed by atoms with Crippen LogP contribution >= 0.6 is 0 Å². The fourth-order valence-electron chi connectivity index (χ4n) is 3.13. The van der Waals surface area contributed by atoms with Gasteiger partial charge in [0, 0.05) is 17.8 Å². The fraction of sp³-hybridized carbons (Fsp3) is 0. The summed E-state index contributed by atoms with van der Waals surface area (Å²) in [5, 5.41) is 16.3. The minimum absolute atomic E-state index is 0.0679. The van der Waals surface area contributed by atoms with E-state index in [1.807, 2.05) is 0 Å². The van der Waals surface area contributed by atoms with Crippen molar-refractivity contribution in [1.29, 1.82) is 0 Å². The Morgan fingerprint density at radius 2 is 1.64 bits per heavy atom. The summed E-state index contributed by atoms with van der Waals surface area (Å²) in [5.41, 5.74) is 6.29. The average Bonchev–Trinajstić information content (AvgIpc) is 3.26. The van der Waals surface area contributed by atoms with Crippen molar-refractivity contribution in [3.05, 3.63) is 102 Å². The molecule has 0 aliphatic carbocycles. The molecule has 4 N–H and O–H groups in total. The second-order valence-electron chi connectivity index (χ2n) is 6.91. The van der Waals surface area contributed by atoms with Gasteiger partial charge < -0.3 is 20.9 Å². The second-order valence-corrected chi connectivity index (χ2v) is 6.91. The molecule has 0 radical (unpaired) electrons. The summed E-state index contributed by atoms with van der Waals surface area (Å²) in [6.45, 7) is 0. The molecule has 2 amide bonds. The van der Waals surface area contributed by atoms with Crippen molar-refractivity contribution in [3.63, 3.8) is 0 Å². The van der Waals surface area contributed by atoms with Crippen molar-refractivity contribution < 1.29 is 24.2 Å². The zero-order valence-electron chi connectivity index (χ0n) is 17.1. The molecule has 9 nitrogen and oxygen atoms in total. The van der Waals surface area contributed by atoms with Gasteiger partial charge >= 0.3 is 5.97 Å². The maximum Gasteiger partial charge on any atom is 0.354 e. The highest BCUT2D eigenvalue weighted by atomic mass is 16.5. The molecule has 1 aromatic heterocycles. The molecule has 0 spiro atoms. The van der Waals surface area contributed by atoms with Crippen molar-refractivity contribution in [2.45, 2.75) is 0 Å². The Morgan fingerprint density at radius 1 is 0.909 bits per heavy atom. The van der Waals surface area contributed by atoms with Gasteiger partial charge in [0.15, 0.2) is 11.4 Å². The third kappa shape index (κ3) is 4.72. The maximum atomic E-state index is 12.8. The number of aromatic carboxylic acids is 1. The van der Waals surface area contributed by atoms with Crippen LogP contribution < -0.4 is 15.8 Å². The van der Waals surface area contributed by atoms with Crippen LogP contribution in [0, 0.1) is 0 Å². The molecule has 9 heteroatoms. The molecule has 0 aliphatic heterocycles. The van der Waals surface area contributed by atoms with Gasteiger partial charge in [0.1, 0.15) is 11.5 Å². The van der Waals surface area contributed by atoms with Gasteiger partial charge in [-0.2, -0.15) is 5.10 Å². The van der Waals surface area contributed by atoms with E-state index in [1.165, 1.54) is 10.7 Å². The lowest BCUT2D eigenvalue weighted by molar-refractivity contribution is 0.0686. The van der Waals surface area contributed by atoms with Crippen molar-refractivity contribution >= 4 is 23.5 Å². The van der Waals surface area contributed by atoms with Crippen LogP contribution in [0.15, 0.2) is 84.9 Å². The summed E-state index contributed by atoms with van der Waals surface area (Å²) in [4.78, 5) is 36.0. The molecule has 1 heterocycles. The molecule has 33 heavy (non-hydrogen) atoms. The van der Waals surface area contributed by atoms with Crippen LogP contribution in [0.1, 0.15) is 31.3 Å². The molecule has 0 bridgehead atoms. The fourth-order valence-corrected chi connectivity index (χ4v) is 3.13. The Hall–Kier alpha value is -4.92. The van der Waals surface area contributed by atoms with Gasteiger partial charge in [-0.3, -0.25) is 9.59 Å². The van der Waals surface area contributed by atoms with E-state index < -0.39 is 17.8 Å². The van der Waals surface area contributed by atoms with Gasteiger partial charge in [0.25, 0.3) is 11.8 Å². The van der Waals surface area contributed by atoms with Crippen LogP contribution in [-0.2, 0) is 0 Å². The lowest BCUT2D eigenvalue weighted by atomic mass is 10.2. The third-order valence-electron chi connectivity index (χ3n) is 4.63. The number of aromatic nitrogens is 2. The first-order chi connectivity index (χ1) is 15.9. The zero-order chi connectivity index (χ0) is 23.4. The number of nitrogens with zero attached hydrogens (tertiary/aromatic N) is 2. The Bertz CT molecular complexity index is 1350. The van der Waals surface area contributed by atoms with Crippen molar-refractivity contribution in [2.75, 3.05) is 5.32 Å².